The van der Waals surface area contributed by atoms with Crippen molar-refractivity contribution < 1.29 is 19.1 Å². The van der Waals surface area contributed by atoms with E-state index in [1.54, 1.807) is 37.3 Å². The molecule has 4 N–H and O–H groups in total. The number of nitrogens with one attached hydrogen (secondary N) is 2. The summed E-state index contributed by atoms with van der Waals surface area (Å²) in [6.45, 7) is 1.63. The first kappa shape index (κ1) is 15.5. The number of rotatable bonds is 6. The number of hydrogen-bond donors (Lipinski definition) is 3. The third-order valence-corrected chi connectivity index (χ3v) is 2.39. The third-order valence-electron chi connectivity index (χ3n) is 2.39. The first-order chi connectivity index (χ1) is 9.54. The van der Waals surface area contributed by atoms with Gasteiger partial charge in [0.15, 0.2) is 0 Å². The minimum atomic E-state index is -0.955. The van der Waals surface area contributed by atoms with Crippen molar-refractivity contribution in [2.45, 2.75) is 13.0 Å². The van der Waals surface area contributed by atoms with E-state index in [-0.39, 0.29) is 13.2 Å². The first-order valence-electron chi connectivity index (χ1n) is 6.08. The zero-order valence-electron chi connectivity index (χ0n) is 11.1. The van der Waals surface area contributed by atoms with Crippen LogP contribution in [-0.4, -0.2) is 31.1 Å². The van der Waals surface area contributed by atoms with E-state index >= 15 is 0 Å². The van der Waals surface area contributed by atoms with E-state index in [1.807, 2.05) is 0 Å². The van der Waals surface area contributed by atoms with Crippen molar-refractivity contribution in [3.63, 3.8) is 0 Å². The minimum absolute atomic E-state index is 0.232. The van der Waals surface area contributed by atoms with Crippen LogP contribution in [0, 0.1) is 0 Å². The van der Waals surface area contributed by atoms with Gasteiger partial charge in [0.1, 0.15) is 12.6 Å². The Morgan fingerprint density at radius 1 is 1.25 bits per heavy atom. The highest BCUT2D eigenvalue weighted by Gasteiger charge is 2.22. The van der Waals surface area contributed by atoms with Crippen LogP contribution in [-0.2, 0) is 14.3 Å². The molecule has 0 aromatic heterocycles. The summed E-state index contributed by atoms with van der Waals surface area (Å²) >= 11 is 0. The summed E-state index contributed by atoms with van der Waals surface area (Å²) in [5, 5.41) is 4.71. The van der Waals surface area contributed by atoms with E-state index in [4.69, 9.17) is 10.5 Å². The molecule has 0 fully saturated rings. The smallest absolute Gasteiger partial charge is 0.325 e. The zero-order chi connectivity index (χ0) is 15.0. The summed E-state index contributed by atoms with van der Waals surface area (Å²) in [6.07, 6.45) is 0. The van der Waals surface area contributed by atoms with E-state index < -0.39 is 23.9 Å². The van der Waals surface area contributed by atoms with Gasteiger partial charge in [-0.3, -0.25) is 9.59 Å². The van der Waals surface area contributed by atoms with Gasteiger partial charge in [-0.25, -0.2) is 4.79 Å². The first-order valence-corrected chi connectivity index (χ1v) is 6.08. The lowest BCUT2D eigenvalue weighted by Crippen LogP contribution is -2.44. The summed E-state index contributed by atoms with van der Waals surface area (Å²) < 4.78 is 4.69. The Hall–Kier alpha value is -2.57. The van der Waals surface area contributed by atoms with Crippen LogP contribution in [0.1, 0.15) is 18.5 Å². The Morgan fingerprint density at radius 3 is 2.45 bits per heavy atom. The van der Waals surface area contributed by atoms with Crippen molar-refractivity contribution in [1.82, 2.24) is 10.6 Å². The molecule has 7 nitrogen and oxygen atoms in total. The minimum Gasteiger partial charge on any atom is -0.465 e. The summed E-state index contributed by atoms with van der Waals surface area (Å²) in [5.41, 5.74) is 5.61. The van der Waals surface area contributed by atoms with Crippen molar-refractivity contribution in [3.05, 3.63) is 35.9 Å². The maximum absolute atomic E-state index is 12.0. The Kier molecular flexibility index (Phi) is 6.02. The maximum atomic E-state index is 12.0. The molecule has 0 heterocycles. The van der Waals surface area contributed by atoms with Crippen molar-refractivity contribution >= 4 is 17.9 Å². The predicted molar refractivity (Wildman–Crippen MR) is 71.5 cm³/mol. The number of benzene rings is 1. The zero-order valence-corrected chi connectivity index (χ0v) is 11.1. The molecule has 1 atom stereocenters. The molecule has 0 saturated heterocycles. The lowest BCUT2D eigenvalue weighted by Gasteiger charge is -2.17. The van der Waals surface area contributed by atoms with Gasteiger partial charge >= 0.3 is 12.0 Å². The van der Waals surface area contributed by atoms with Crippen LogP contribution in [0.5, 0.6) is 0 Å². The Morgan fingerprint density at radius 2 is 1.90 bits per heavy atom. The van der Waals surface area contributed by atoms with Gasteiger partial charge in [-0.05, 0) is 12.5 Å². The number of nitrogens with two attached hydrogens (primary N) is 1. The molecule has 0 aliphatic rings. The van der Waals surface area contributed by atoms with E-state index in [2.05, 4.69) is 10.6 Å². The Bertz CT molecular complexity index is 476. The molecule has 0 spiro atoms. The Balaban J connectivity index is 2.71. The largest absolute Gasteiger partial charge is 0.465 e. The van der Waals surface area contributed by atoms with Crippen molar-refractivity contribution in [2.24, 2.45) is 5.73 Å². The molecule has 0 radical (unpaired) electrons. The molecular formula is C13H17N3O4. The maximum Gasteiger partial charge on any atom is 0.325 e. The molecule has 1 aromatic rings. The Labute approximate surface area is 116 Å². The summed E-state index contributed by atoms with van der Waals surface area (Å²) in [4.78, 5) is 34.1. The molecule has 0 aliphatic carbocycles. The lowest BCUT2D eigenvalue weighted by molar-refractivity contribution is -0.143. The summed E-state index contributed by atoms with van der Waals surface area (Å²) in [7, 11) is 0. The van der Waals surface area contributed by atoms with Crippen LogP contribution in [0.3, 0.4) is 0 Å². The van der Waals surface area contributed by atoms with Gasteiger partial charge in [0, 0.05) is 0 Å². The molecule has 0 bridgehead atoms. The summed E-state index contributed by atoms with van der Waals surface area (Å²) in [6, 6.07) is 6.79. The van der Waals surface area contributed by atoms with Gasteiger partial charge < -0.3 is 21.1 Å². The molecule has 1 aromatic carbocycles. The second kappa shape index (κ2) is 7.78. The number of esters is 1. The van der Waals surface area contributed by atoms with Crippen molar-refractivity contribution in [1.29, 1.82) is 0 Å². The normalized spacial score (nSPS) is 11.2. The number of carbonyl (C=O) groups excluding carboxylic acids is 3. The number of ether oxygens (including phenoxy) is 1. The van der Waals surface area contributed by atoms with Crippen LogP contribution in [0.15, 0.2) is 30.3 Å². The molecule has 0 aliphatic heterocycles. The van der Waals surface area contributed by atoms with Gasteiger partial charge in [0.05, 0.1) is 6.61 Å². The molecule has 108 valence electrons. The van der Waals surface area contributed by atoms with E-state index in [9.17, 15) is 14.4 Å². The topological polar surface area (TPSA) is 111 Å². The number of hydrogen-bond acceptors (Lipinski definition) is 4. The van der Waals surface area contributed by atoms with E-state index in [1.165, 1.54) is 0 Å². The van der Waals surface area contributed by atoms with Gasteiger partial charge in [-0.1, -0.05) is 30.3 Å². The van der Waals surface area contributed by atoms with Crippen LogP contribution in [0.25, 0.3) is 0 Å². The second-order valence-electron chi connectivity index (χ2n) is 3.88. The quantitative estimate of drug-likeness (QED) is 0.640. The molecule has 3 amide bonds. The summed E-state index contributed by atoms with van der Waals surface area (Å²) in [5.74, 6) is -1.09. The van der Waals surface area contributed by atoms with Crippen LogP contribution < -0.4 is 16.4 Å². The highest BCUT2D eigenvalue weighted by molar-refractivity contribution is 5.89. The predicted octanol–water partition coefficient (Wildman–Crippen LogP) is 0.0753. The van der Waals surface area contributed by atoms with Gasteiger partial charge in [0.2, 0.25) is 5.91 Å². The number of urea groups is 1. The lowest BCUT2D eigenvalue weighted by atomic mass is 10.1. The SMILES string of the molecule is CCOC(=O)CNC(=O)C(NC(N)=O)c1ccccc1. The highest BCUT2D eigenvalue weighted by atomic mass is 16.5. The fourth-order valence-electron chi connectivity index (χ4n) is 1.56. The van der Waals surface area contributed by atoms with Crippen molar-refractivity contribution in [3.8, 4) is 0 Å². The molecule has 1 rings (SSSR count). The standard InChI is InChI=1S/C13H17N3O4/c1-2-20-10(17)8-15-12(18)11(16-13(14)19)9-6-4-3-5-7-9/h3-7,11H,2,8H2,1H3,(H,15,18)(H3,14,16,19). The second-order valence-corrected chi connectivity index (χ2v) is 3.88. The van der Waals surface area contributed by atoms with Crippen LogP contribution in [0.4, 0.5) is 4.79 Å². The fourth-order valence-corrected chi connectivity index (χ4v) is 1.56. The van der Waals surface area contributed by atoms with Crippen LogP contribution >= 0.6 is 0 Å². The molecule has 7 heteroatoms. The number of carbonyl (C=O) groups is 3. The molecule has 0 saturated carbocycles. The third kappa shape index (κ3) is 4.97. The molecule has 20 heavy (non-hydrogen) atoms. The van der Waals surface area contributed by atoms with Crippen LogP contribution in [0.2, 0.25) is 0 Å². The molecular weight excluding hydrogens is 262 g/mol. The average molecular weight is 279 g/mol. The molecule has 1 unspecified atom stereocenters. The van der Waals surface area contributed by atoms with Gasteiger partial charge in [0.25, 0.3) is 0 Å². The average Bonchev–Trinajstić information content (AvgIpc) is 2.43. The monoisotopic (exact) mass is 279 g/mol. The van der Waals surface area contributed by atoms with E-state index in [0.29, 0.717) is 5.56 Å². The van der Waals surface area contributed by atoms with Crippen molar-refractivity contribution in [2.75, 3.05) is 13.2 Å². The number of amides is 3. The van der Waals surface area contributed by atoms with Gasteiger partial charge in [-0.2, -0.15) is 0 Å². The van der Waals surface area contributed by atoms with E-state index in [0.717, 1.165) is 0 Å². The highest BCUT2D eigenvalue weighted by Crippen LogP contribution is 2.12. The fraction of sp³-hybridized carbons (Fsp3) is 0.308. The number of primary amides is 1. The van der Waals surface area contributed by atoms with Gasteiger partial charge in [-0.15, -0.1) is 0 Å².